The van der Waals surface area contributed by atoms with E-state index in [0.29, 0.717) is 12.2 Å². The fourth-order valence-corrected chi connectivity index (χ4v) is 2.37. The average molecular weight is 251 g/mol. The molecule has 1 N–H and O–H groups in total. The van der Waals surface area contributed by atoms with Crippen LogP contribution >= 0.6 is 0 Å². The minimum absolute atomic E-state index is 0.0763. The Morgan fingerprint density at radius 2 is 2.33 bits per heavy atom. The van der Waals surface area contributed by atoms with Gasteiger partial charge in [0.1, 0.15) is 11.6 Å². The van der Waals surface area contributed by atoms with E-state index in [9.17, 15) is 9.18 Å². The van der Waals surface area contributed by atoms with Gasteiger partial charge in [0.05, 0.1) is 12.7 Å². The number of halogens is 1. The fraction of sp³-hybridized carbons (Fsp3) is 0.500. The van der Waals surface area contributed by atoms with Crippen molar-refractivity contribution in [3.8, 4) is 5.75 Å². The van der Waals surface area contributed by atoms with Gasteiger partial charge in [0.15, 0.2) is 5.78 Å². The molecule has 0 spiro atoms. The lowest BCUT2D eigenvalue weighted by Gasteiger charge is -2.23. The molecular formula is C14H18FNO2. The number of nitrogens with one attached hydrogen (secondary N) is 1. The normalized spacial score (nSPS) is 19.6. The maximum atomic E-state index is 13.7. The highest BCUT2D eigenvalue weighted by molar-refractivity contribution is 5.99. The molecule has 98 valence electrons. The van der Waals surface area contributed by atoms with Crippen LogP contribution in [0.15, 0.2) is 18.2 Å². The van der Waals surface area contributed by atoms with Crippen LogP contribution in [0.4, 0.5) is 4.39 Å². The molecule has 0 amide bonds. The number of carbonyl (C=O) groups excluding carboxylic acids is 1. The van der Waals surface area contributed by atoms with Crippen molar-refractivity contribution in [2.75, 3.05) is 13.7 Å². The van der Waals surface area contributed by atoms with Crippen molar-refractivity contribution >= 4 is 5.78 Å². The third-order valence-corrected chi connectivity index (χ3v) is 3.32. The lowest BCUT2D eigenvalue weighted by atomic mass is 9.96. The predicted molar refractivity (Wildman–Crippen MR) is 67.5 cm³/mol. The van der Waals surface area contributed by atoms with Gasteiger partial charge < -0.3 is 10.1 Å². The molecule has 1 saturated heterocycles. The monoisotopic (exact) mass is 251 g/mol. The average Bonchev–Trinajstić information content (AvgIpc) is 2.39. The van der Waals surface area contributed by atoms with E-state index in [4.69, 9.17) is 4.74 Å². The van der Waals surface area contributed by atoms with Gasteiger partial charge in [-0.3, -0.25) is 4.79 Å². The minimum atomic E-state index is -0.504. The summed E-state index contributed by atoms with van der Waals surface area (Å²) in [7, 11) is 1.45. The number of hydrogen-bond donors (Lipinski definition) is 1. The molecular weight excluding hydrogens is 233 g/mol. The Kier molecular flexibility index (Phi) is 4.31. The Balaban J connectivity index is 2.12. The van der Waals surface area contributed by atoms with Crippen molar-refractivity contribution in [2.45, 2.75) is 31.7 Å². The fourth-order valence-electron chi connectivity index (χ4n) is 2.37. The molecule has 0 aliphatic carbocycles. The Morgan fingerprint density at radius 1 is 1.50 bits per heavy atom. The van der Waals surface area contributed by atoms with Gasteiger partial charge in [-0.1, -0.05) is 12.5 Å². The SMILES string of the molecule is COc1cccc(F)c1C(=O)CC1CCCCN1. The first-order chi connectivity index (χ1) is 8.72. The van der Waals surface area contributed by atoms with E-state index in [1.807, 2.05) is 0 Å². The lowest BCUT2D eigenvalue weighted by molar-refractivity contribution is 0.0956. The molecule has 1 fully saturated rings. The second-order valence-corrected chi connectivity index (χ2v) is 4.59. The number of carbonyl (C=O) groups is 1. The molecule has 0 bridgehead atoms. The number of Topliss-reactive ketones (excluding diaryl/α,β-unsaturated/α-hetero) is 1. The molecule has 1 aromatic rings. The minimum Gasteiger partial charge on any atom is -0.496 e. The van der Waals surface area contributed by atoms with Crippen molar-refractivity contribution in [2.24, 2.45) is 0 Å². The van der Waals surface area contributed by atoms with Gasteiger partial charge in [0, 0.05) is 12.5 Å². The highest BCUT2D eigenvalue weighted by atomic mass is 19.1. The topological polar surface area (TPSA) is 38.3 Å². The number of ether oxygens (including phenoxy) is 1. The molecule has 1 unspecified atom stereocenters. The summed E-state index contributed by atoms with van der Waals surface area (Å²) in [4.78, 5) is 12.2. The lowest BCUT2D eigenvalue weighted by Crippen LogP contribution is -2.35. The van der Waals surface area contributed by atoms with E-state index in [2.05, 4.69) is 5.32 Å². The molecule has 0 aromatic heterocycles. The van der Waals surface area contributed by atoms with Crippen LogP contribution in [-0.2, 0) is 0 Å². The summed E-state index contributed by atoms with van der Waals surface area (Å²) >= 11 is 0. The zero-order valence-corrected chi connectivity index (χ0v) is 10.5. The van der Waals surface area contributed by atoms with E-state index in [1.165, 1.54) is 13.2 Å². The third-order valence-electron chi connectivity index (χ3n) is 3.32. The summed E-state index contributed by atoms with van der Waals surface area (Å²) in [6.45, 7) is 0.937. The van der Waals surface area contributed by atoms with Gasteiger partial charge in [-0.05, 0) is 31.5 Å². The second-order valence-electron chi connectivity index (χ2n) is 4.59. The number of methoxy groups -OCH3 is 1. The summed E-state index contributed by atoms with van der Waals surface area (Å²) in [5.74, 6) is -0.379. The van der Waals surface area contributed by atoms with E-state index in [1.54, 1.807) is 12.1 Å². The van der Waals surface area contributed by atoms with Crippen molar-refractivity contribution in [3.63, 3.8) is 0 Å². The molecule has 1 atom stereocenters. The van der Waals surface area contributed by atoms with Crippen LogP contribution in [0.5, 0.6) is 5.75 Å². The highest BCUT2D eigenvalue weighted by Crippen LogP contribution is 2.24. The quantitative estimate of drug-likeness (QED) is 0.836. The molecule has 4 heteroatoms. The maximum Gasteiger partial charge on any atom is 0.171 e. The van der Waals surface area contributed by atoms with Crippen LogP contribution in [0.25, 0.3) is 0 Å². The first-order valence-corrected chi connectivity index (χ1v) is 6.31. The van der Waals surface area contributed by atoms with Gasteiger partial charge in [-0.25, -0.2) is 4.39 Å². The van der Waals surface area contributed by atoms with Crippen molar-refractivity contribution in [3.05, 3.63) is 29.6 Å². The van der Waals surface area contributed by atoms with E-state index >= 15 is 0 Å². The van der Waals surface area contributed by atoms with Crippen LogP contribution in [0.2, 0.25) is 0 Å². The Morgan fingerprint density at radius 3 is 3.00 bits per heavy atom. The van der Waals surface area contributed by atoms with Crippen LogP contribution in [0, 0.1) is 5.82 Å². The van der Waals surface area contributed by atoms with E-state index in [0.717, 1.165) is 25.8 Å². The number of hydrogen-bond acceptors (Lipinski definition) is 3. The Hall–Kier alpha value is -1.42. The summed E-state index contributed by atoms with van der Waals surface area (Å²) in [5, 5.41) is 3.29. The first kappa shape index (κ1) is 13.0. The van der Waals surface area contributed by atoms with Crippen molar-refractivity contribution in [1.29, 1.82) is 0 Å². The van der Waals surface area contributed by atoms with E-state index in [-0.39, 0.29) is 17.4 Å². The summed E-state index contributed by atoms with van der Waals surface area (Å²) < 4.78 is 18.8. The largest absolute Gasteiger partial charge is 0.496 e. The molecule has 2 rings (SSSR count). The van der Waals surface area contributed by atoms with Crippen LogP contribution < -0.4 is 10.1 Å². The molecule has 18 heavy (non-hydrogen) atoms. The zero-order valence-electron chi connectivity index (χ0n) is 10.5. The first-order valence-electron chi connectivity index (χ1n) is 6.31. The molecule has 1 aliphatic rings. The molecule has 0 radical (unpaired) electrons. The zero-order chi connectivity index (χ0) is 13.0. The van der Waals surface area contributed by atoms with E-state index < -0.39 is 5.82 Å². The van der Waals surface area contributed by atoms with Crippen LogP contribution in [-0.4, -0.2) is 25.5 Å². The Bertz CT molecular complexity index is 428. The predicted octanol–water partition coefficient (Wildman–Crippen LogP) is 2.55. The summed E-state index contributed by atoms with van der Waals surface area (Å²) in [5.41, 5.74) is 0.0763. The van der Waals surface area contributed by atoms with Gasteiger partial charge in [-0.15, -0.1) is 0 Å². The second kappa shape index (κ2) is 5.96. The van der Waals surface area contributed by atoms with Crippen molar-refractivity contribution < 1.29 is 13.9 Å². The number of rotatable bonds is 4. The molecule has 3 nitrogen and oxygen atoms in total. The number of ketones is 1. The number of benzene rings is 1. The van der Waals surface area contributed by atoms with Gasteiger partial charge in [0.2, 0.25) is 0 Å². The van der Waals surface area contributed by atoms with Crippen molar-refractivity contribution in [1.82, 2.24) is 5.32 Å². The molecule has 1 aliphatic heterocycles. The highest BCUT2D eigenvalue weighted by Gasteiger charge is 2.22. The molecule has 1 aromatic carbocycles. The van der Waals surface area contributed by atoms with Crippen LogP contribution in [0.1, 0.15) is 36.0 Å². The van der Waals surface area contributed by atoms with Gasteiger partial charge in [-0.2, -0.15) is 0 Å². The standard InChI is InChI=1S/C14H18FNO2/c1-18-13-7-4-6-11(15)14(13)12(17)9-10-5-2-3-8-16-10/h4,6-7,10,16H,2-3,5,8-9H2,1H3. The third kappa shape index (κ3) is 2.88. The molecule has 0 saturated carbocycles. The van der Waals surface area contributed by atoms with Crippen LogP contribution in [0.3, 0.4) is 0 Å². The Labute approximate surface area is 106 Å². The summed E-state index contributed by atoms with van der Waals surface area (Å²) in [6, 6.07) is 4.62. The number of piperidine rings is 1. The van der Waals surface area contributed by atoms with Gasteiger partial charge >= 0.3 is 0 Å². The van der Waals surface area contributed by atoms with Gasteiger partial charge in [0.25, 0.3) is 0 Å². The maximum absolute atomic E-state index is 13.7. The molecule has 1 heterocycles. The smallest absolute Gasteiger partial charge is 0.171 e. The summed E-state index contributed by atoms with van der Waals surface area (Å²) in [6.07, 6.45) is 3.58.